The Kier molecular flexibility index (Phi) is 5.55. The number of hydroxylamine groups is 2. The lowest BCUT2D eigenvalue weighted by molar-refractivity contribution is -0.180. The normalized spacial score (nSPS) is 27.7. The fourth-order valence-corrected chi connectivity index (χ4v) is 3.32. The topological polar surface area (TPSA) is 96.0 Å². The van der Waals surface area contributed by atoms with Crippen molar-refractivity contribution in [3.63, 3.8) is 0 Å². The van der Waals surface area contributed by atoms with E-state index in [1.54, 1.807) is 6.92 Å². The van der Waals surface area contributed by atoms with E-state index in [1.807, 2.05) is 24.3 Å². The minimum absolute atomic E-state index is 0.276. The largest absolute Gasteiger partial charge is 0.394 e. The van der Waals surface area contributed by atoms with Crippen LogP contribution < -0.4 is 5.73 Å². The van der Waals surface area contributed by atoms with E-state index < -0.39 is 30.1 Å². The van der Waals surface area contributed by atoms with Crippen molar-refractivity contribution < 1.29 is 19.8 Å². The average Bonchev–Trinajstić information content (AvgIpc) is 2.77. The van der Waals surface area contributed by atoms with Gasteiger partial charge in [-0.1, -0.05) is 12.1 Å². The predicted octanol–water partition coefficient (Wildman–Crippen LogP) is 0.250. The van der Waals surface area contributed by atoms with E-state index in [2.05, 4.69) is 22.6 Å². The Morgan fingerprint density at radius 2 is 2.29 bits per heavy atom. The van der Waals surface area contributed by atoms with Gasteiger partial charge in [-0.25, -0.2) is 0 Å². The molecule has 2 rings (SSSR count). The zero-order valence-corrected chi connectivity index (χ0v) is 13.8. The number of aliphatic hydroxyl groups excluding tert-OH is 2. The zero-order chi connectivity index (χ0) is 15.6. The van der Waals surface area contributed by atoms with Crippen LogP contribution in [0.4, 0.5) is 0 Å². The molecule has 7 heteroatoms. The molecular formula is C14H19IN2O4. The summed E-state index contributed by atoms with van der Waals surface area (Å²) in [6.07, 6.45) is -1.44. The van der Waals surface area contributed by atoms with Crippen LogP contribution >= 0.6 is 22.6 Å². The quantitative estimate of drug-likeness (QED) is 0.610. The maximum atomic E-state index is 11.8. The fraction of sp³-hybridized carbons (Fsp3) is 0.500. The van der Waals surface area contributed by atoms with Crippen LogP contribution in [0.2, 0.25) is 0 Å². The van der Waals surface area contributed by atoms with Crippen molar-refractivity contribution in [3.05, 3.63) is 33.4 Å². The number of benzene rings is 1. The summed E-state index contributed by atoms with van der Waals surface area (Å²) in [5, 5.41) is 20.7. The average molecular weight is 406 g/mol. The van der Waals surface area contributed by atoms with Crippen molar-refractivity contribution in [2.45, 2.75) is 31.7 Å². The Morgan fingerprint density at radius 1 is 1.57 bits per heavy atom. The van der Waals surface area contributed by atoms with E-state index in [1.165, 1.54) is 5.06 Å². The summed E-state index contributed by atoms with van der Waals surface area (Å²) >= 11 is 2.21. The number of rotatable bonds is 5. The number of amides is 1. The molecule has 0 aromatic heterocycles. The summed E-state index contributed by atoms with van der Waals surface area (Å²) in [6, 6.07) is 7.02. The minimum atomic E-state index is -0.805. The Labute approximate surface area is 137 Å². The van der Waals surface area contributed by atoms with Crippen LogP contribution in [0.5, 0.6) is 0 Å². The number of carbonyl (C=O) groups is 1. The molecule has 0 bridgehead atoms. The van der Waals surface area contributed by atoms with Gasteiger partial charge < -0.3 is 15.9 Å². The summed E-state index contributed by atoms with van der Waals surface area (Å²) in [6.45, 7) is 1.66. The second-order valence-corrected chi connectivity index (χ2v) is 6.44. The van der Waals surface area contributed by atoms with E-state index in [-0.39, 0.29) is 6.61 Å². The molecule has 2 unspecified atom stereocenters. The molecule has 6 nitrogen and oxygen atoms in total. The first-order valence-corrected chi connectivity index (χ1v) is 7.78. The molecule has 0 aliphatic carbocycles. The van der Waals surface area contributed by atoms with Gasteiger partial charge in [-0.3, -0.25) is 9.63 Å². The Balaban J connectivity index is 2.23. The molecule has 0 radical (unpaired) electrons. The summed E-state index contributed by atoms with van der Waals surface area (Å²) < 4.78 is 1.07. The smallest absolute Gasteiger partial charge is 0.237 e. The van der Waals surface area contributed by atoms with Gasteiger partial charge in [-0.15, -0.1) is 0 Å². The lowest BCUT2D eigenvalue weighted by Crippen LogP contribution is -2.47. The second-order valence-electron chi connectivity index (χ2n) is 5.20. The molecule has 1 saturated heterocycles. The third-order valence-electron chi connectivity index (χ3n) is 3.63. The molecule has 0 saturated carbocycles. The fourth-order valence-electron chi connectivity index (χ4n) is 2.72. The van der Waals surface area contributed by atoms with Crippen molar-refractivity contribution in [2.24, 2.45) is 11.7 Å². The van der Waals surface area contributed by atoms with Crippen LogP contribution in [-0.4, -0.2) is 46.0 Å². The Hall–Kier alpha value is -0.740. The van der Waals surface area contributed by atoms with Crippen molar-refractivity contribution >= 4 is 28.5 Å². The number of halogens is 1. The summed E-state index contributed by atoms with van der Waals surface area (Å²) in [4.78, 5) is 17.4. The molecular weight excluding hydrogens is 387 g/mol. The Bertz CT molecular complexity index is 512. The number of nitrogens with two attached hydrogens (primary N) is 1. The molecule has 1 aliphatic rings. The molecule has 1 aromatic carbocycles. The first-order chi connectivity index (χ1) is 9.93. The maximum absolute atomic E-state index is 11.8. The second kappa shape index (κ2) is 7.01. The van der Waals surface area contributed by atoms with E-state index in [4.69, 9.17) is 10.6 Å². The number of hydrogen-bond donors (Lipinski definition) is 3. The minimum Gasteiger partial charge on any atom is -0.394 e. The number of nitrogens with zero attached hydrogens (tertiary/aromatic N) is 1. The SMILES string of the molecule is C[C@H](O)C1C(CO)ON(Cc2cccc(I)c2)[C@@H]1C(N)=O. The van der Waals surface area contributed by atoms with E-state index in [0.717, 1.165) is 9.13 Å². The van der Waals surface area contributed by atoms with Crippen LogP contribution in [0.1, 0.15) is 12.5 Å². The molecule has 1 aliphatic heterocycles. The Morgan fingerprint density at radius 3 is 2.81 bits per heavy atom. The molecule has 1 amide bonds. The number of hydrogen-bond acceptors (Lipinski definition) is 5. The molecule has 4 N–H and O–H groups in total. The molecule has 1 heterocycles. The predicted molar refractivity (Wildman–Crippen MR) is 84.8 cm³/mol. The van der Waals surface area contributed by atoms with Gasteiger partial charge in [-0.2, -0.15) is 5.06 Å². The van der Waals surface area contributed by atoms with Crippen molar-refractivity contribution in [1.82, 2.24) is 5.06 Å². The number of carbonyl (C=O) groups excluding carboxylic acids is 1. The molecule has 4 atom stereocenters. The lowest BCUT2D eigenvalue weighted by atomic mass is 9.89. The van der Waals surface area contributed by atoms with Gasteiger partial charge in [0.05, 0.1) is 19.3 Å². The summed E-state index contributed by atoms with van der Waals surface area (Å²) in [5.41, 5.74) is 6.43. The van der Waals surface area contributed by atoms with Gasteiger partial charge in [0.1, 0.15) is 12.1 Å². The van der Waals surface area contributed by atoms with Gasteiger partial charge in [0.2, 0.25) is 5.91 Å². The number of aliphatic hydroxyl groups is 2. The highest BCUT2D eigenvalue weighted by molar-refractivity contribution is 14.1. The van der Waals surface area contributed by atoms with E-state index in [0.29, 0.717) is 6.54 Å². The van der Waals surface area contributed by atoms with E-state index in [9.17, 15) is 15.0 Å². The molecule has 0 spiro atoms. The van der Waals surface area contributed by atoms with E-state index >= 15 is 0 Å². The molecule has 21 heavy (non-hydrogen) atoms. The number of primary amides is 1. The molecule has 1 aromatic rings. The third kappa shape index (κ3) is 3.72. The van der Waals surface area contributed by atoms with Crippen LogP contribution in [0.15, 0.2) is 24.3 Å². The van der Waals surface area contributed by atoms with Gasteiger partial charge in [0.15, 0.2) is 0 Å². The standard InChI is InChI=1S/C14H19IN2O4/c1-8(19)12-11(7-18)21-17(13(12)14(16)20)6-9-3-2-4-10(15)5-9/h2-5,8,11-13,18-19H,6-7H2,1H3,(H2,16,20)/t8-,11?,12?,13-/m0/s1. The maximum Gasteiger partial charge on any atom is 0.237 e. The highest BCUT2D eigenvalue weighted by Gasteiger charge is 2.48. The van der Waals surface area contributed by atoms with Gasteiger partial charge in [0.25, 0.3) is 0 Å². The van der Waals surface area contributed by atoms with Gasteiger partial charge in [-0.05, 0) is 47.2 Å². The summed E-state index contributed by atoms with van der Waals surface area (Å²) in [7, 11) is 0. The van der Waals surface area contributed by atoms with Crippen LogP contribution in [0.3, 0.4) is 0 Å². The van der Waals surface area contributed by atoms with Crippen LogP contribution in [-0.2, 0) is 16.2 Å². The monoisotopic (exact) mass is 406 g/mol. The van der Waals surface area contributed by atoms with Crippen molar-refractivity contribution in [3.8, 4) is 0 Å². The lowest BCUT2D eigenvalue weighted by Gasteiger charge is -2.24. The first kappa shape index (κ1) is 16.6. The first-order valence-electron chi connectivity index (χ1n) is 6.70. The highest BCUT2D eigenvalue weighted by atomic mass is 127. The van der Waals surface area contributed by atoms with Crippen LogP contribution in [0.25, 0.3) is 0 Å². The zero-order valence-electron chi connectivity index (χ0n) is 11.6. The van der Waals surface area contributed by atoms with Gasteiger partial charge in [0, 0.05) is 9.49 Å². The molecule has 116 valence electrons. The third-order valence-corrected chi connectivity index (χ3v) is 4.30. The molecule has 1 fully saturated rings. The van der Waals surface area contributed by atoms with Crippen molar-refractivity contribution in [1.29, 1.82) is 0 Å². The van der Waals surface area contributed by atoms with Crippen molar-refractivity contribution in [2.75, 3.05) is 6.61 Å². The van der Waals surface area contributed by atoms with Crippen LogP contribution in [0, 0.1) is 9.49 Å². The highest BCUT2D eigenvalue weighted by Crippen LogP contribution is 2.31. The summed E-state index contributed by atoms with van der Waals surface area (Å²) in [5.74, 6) is -1.11. The van der Waals surface area contributed by atoms with Gasteiger partial charge >= 0.3 is 0 Å².